The van der Waals surface area contributed by atoms with E-state index < -0.39 is 5.97 Å². The lowest BCUT2D eigenvalue weighted by Crippen LogP contribution is -2.14. The number of phenols is 1. The van der Waals surface area contributed by atoms with E-state index in [1.54, 1.807) is 7.05 Å². The molecule has 92 valence electrons. The maximum absolute atomic E-state index is 11.4. The minimum absolute atomic E-state index is 0.0741. The molecule has 1 aromatic rings. The van der Waals surface area contributed by atoms with E-state index in [2.05, 4.69) is 10.1 Å². The summed E-state index contributed by atoms with van der Waals surface area (Å²) in [6.07, 6.45) is 0.508. The number of methoxy groups -OCH3 is 1. The van der Waals surface area contributed by atoms with Crippen LogP contribution in [-0.4, -0.2) is 31.5 Å². The normalized spacial score (nSPS) is 11.9. The molecular weight excluding hydrogens is 222 g/mol. The Hall–Kier alpha value is -1.88. The van der Waals surface area contributed by atoms with Crippen LogP contribution in [0, 0.1) is 0 Å². The maximum Gasteiger partial charge on any atom is 0.337 e. The summed E-state index contributed by atoms with van der Waals surface area (Å²) in [5, 5.41) is 12.8. The fraction of sp³-hybridized carbons (Fsp3) is 0.333. The number of phenolic OH excluding ortho intramolecular Hbond substituents is 1. The van der Waals surface area contributed by atoms with Gasteiger partial charge in [0.05, 0.1) is 18.2 Å². The number of benzene rings is 1. The molecule has 0 bridgehead atoms. The second kappa shape index (κ2) is 5.45. The number of carbonyl (C=O) groups is 2. The Labute approximate surface area is 99.4 Å². The molecule has 17 heavy (non-hydrogen) atoms. The van der Waals surface area contributed by atoms with Gasteiger partial charge in [-0.05, 0) is 26.1 Å². The summed E-state index contributed by atoms with van der Waals surface area (Å²) in [6.45, 7) is 1.81. The van der Waals surface area contributed by atoms with Gasteiger partial charge >= 0.3 is 5.97 Å². The highest BCUT2D eigenvalue weighted by molar-refractivity contribution is 5.93. The summed E-state index contributed by atoms with van der Waals surface area (Å²) in [6, 6.07) is 2.63. The van der Waals surface area contributed by atoms with Gasteiger partial charge in [-0.25, -0.2) is 4.79 Å². The number of aromatic hydroxyl groups is 1. The van der Waals surface area contributed by atoms with E-state index in [0.717, 1.165) is 0 Å². The third-order valence-electron chi connectivity index (χ3n) is 2.62. The lowest BCUT2D eigenvalue weighted by atomic mass is 10.00. The van der Waals surface area contributed by atoms with Gasteiger partial charge in [-0.3, -0.25) is 4.79 Å². The van der Waals surface area contributed by atoms with Crippen LogP contribution in [0.4, 0.5) is 0 Å². The summed E-state index contributed by atoms with van der Waals surface area (Å²) in [5.74, 6) is -0.660. The van der Waals surface area contributed by atoms with E-state index in [1.807, 2.05) is 6.92 Å². The van der Waals surface area contributed by atoms with Gasteiger partial charge in [0.25, 0.3) is 0 Å². The summed E-state index contributed by atoms with van der Waals surface area (Å²) in [4.78, 5) is 22.2. The minimum atomic E-state index is -0.544. The first-order valence-corrected chi connectivity index (χ1v) is 5.12. The monoisotopic (exact) mass is 237 g/mol. The molecule has 1 rings (SSSR count). The molecule has 5 heteroatoms. The Morgan fingerprint density at radius 2 is 2.18 bits per heavy atom. The second-order valence-electron chi connectivity index (χ2n) is 3.62. The summed E-state index contributed by atoms with van der Waals surface area (Å²) < 4.78 is 4.59. The molecule has 0 aromatic heterocycles. The van der Waals surface area contributed by atoms with Crippen molar-refractivity contribution < 1.29 is 19.4 Å². The third kappa shape index (κ3) is 2.62. The number of hydrogen-bond acceptors (Lipinski definition) is 5. The number of ether oxygens (including phenoxy) is 1. The van der Waals surface area contributed by atoms with Crippen LogP contribution in [0.1, 0.15) is 39.2 Å². The van der Waals surface area contributed by atoms with Crippen molar-refractivity contribution in [3.05, 3.63) is 28.8 Å². The Kier molecular flexibility index (Phi) is 4.23. The predicted molar refractivity (Wildman–Crippen MR) is 62.3 cm³/mol. The predicted octanol–water partition coefficient (Wildman–Crippen LogP) is 1.27. The molecule has 2 N–H and O–H groups in total. The topological polar surface area (TPSA) is 75.6 Å². The zero-order valence-corrected chi connectivity index (χ0v) is 9.98. The van der Waals surface area contributed by atoms with E-state index in [1.165, 1.54) is 19.2 Å². The van der Waals surface area contributed by atoms with Crippen LogP contribution < -0.4 is 5.32 Å². The highest BCUT2D eigenvalue weighted by atomic mass is 16.5. The zero-order chi connectivity index (χ0) is 13.0. The van der Waals surface area contributed by atoms with E-state index in [-0.39, 0.29) is 22.9 Å². The number of rotatable bonds is 4. The van der Waals surface area contributed by atoms with Crippen LogP contribution in [-0.2, 0) is 4.74 Å². The molecule has 0 saturated carbocycles. The molecule has 0 aliphatic rings. The van der Waals surface area contributed by atoms with Gasteiger partial charge in [-0.2, -0.15) is 0 Å². The van der Waals surface area contributed by atoms with Gasteiger partial charge in [-0.1, -0.05) is 0 Å². The largest absolute Gasteiger partial charge is 0.507 e. The lowest BCUT2D eigenvalue weighted by molar-refractivity contribution is 0.0600. The number of nitrogens with one attached hydrogen (secondary N) is 1. The molecule has 0 radical (unpaired) electrons. The van der Waals surface area contributed by atoms with Gasteiger partial charge in [0.15, 0.2) is 6.29 Å². The Balaban J connectivity index is 3.38. The molecule has 0 aliphatic carbocycles. The average molecular weight is 237 g/mol. The Bertz CT molecular complexity index is 442. The van der Waals surface area contributed by atoms with Crippen LogP contribution in [0.3, 0.4) is 0 Å². The number of aldehydes is 1. The molecule has 0 spiro atoms. The Morgan fingerprint density at radius 3 is 2.65 bits per heavy atom. The standard InChI is InChI=1S/C12H15NO4/c1-7(13-2)10-5-8(12(16)17-3)4-9(6-14)11(10)15/h4-7,13,15H,1-3H3/t7-/m1/s1. The molecule has 0 amide bonds. The van der Waals surface area contributed by atoms with E-state index in [4.69, 9.17) is 0 Å². The van der Waals surface area contributed by atoms with E-state index in [9.17, 15) is 14.7 Å². The van der Waals surface area contributed by atoms with Crippen LogP contribution in [0.5, 0.6) is 5.75 Å². The van der Waals surface area contributed by atoms with Gasteiger partial charge in [0.2, 0.25) is 0 Å². The molecule has 1 aromatic carbocycles. The van der Waals surface area contributed by atoms with Crippen molar-refractivity contribution in [2.24, 2.45) is 0 Å². The third-order valence-corrected chi connectivity index (χ3v) is 2.62. The average Bonchev–Trinajstić information content (AvgIpc) is 2.37. The van der Waals surface area contributed by atoms with Crippen molar-refractivity contribution in [3.63, 3.8) is 0 Å². The molecule has 0 aliphatic heterocycles. The smallest absolute Gasteiger partial charge is 0.337 e. The molecule has 5 nitrogen and oxygen atoms in total. The van der Waals surface area contributed by atoms with Gasteiger partial charge < -0.3 is 15.2 Å². The molecule has 0 saturated heterocycles. The van der Waals surface area contributed by atoms with Crippen LogP contribution in [0.25, 0.3) is 0 Å². The fourth-order valence-electron chi connectivity index (χ4n) is 1.49. The van der Waals surface area contributed by atoms with Crippen LogP contribution in [0.2, 0.25) is 0 Å². The summed E-state index contributed by atoms with van der Waals surface area (Å²) in [5.41, 5.74) is 0.798. The SMILES string of the molecule is CN[C@H](C)c1cc(C(=O)OC)cc(C=O)c1O. The fourth-order valence-corrected chi connectivity index (χ4v) is 1.49. The number of hydrogen-bond donors (Lipinski definition) is 2. The highest BCUT2D eigenvalue weighted by Crippen LogP contribution is 2.28. The van der Waals surface area contributed by atoms with Crippen LogP contribution in [0.15, 0.2) is 12.1 Å². The molecule has 1 atom stereocenters. The van der Waals surface area contributed by atoms with Crippen molar-refractivity contribution in [2.75, 3.05) is 14.2 Å². The molecule has 0 heterocycles. The first kappa shape index (κ1) is 13.2. The second-order valence-corrected chi connectivity index (χ2v) is 3.62. The lowest BCUT2D eigenvalue weighted by Gasteiger charge is -2.15. The highest BCUT2D eigenvalue weighted by Gasteiger charge is 2.17. The van der Waals surface area contributed by atoms with Crippen molar-refractivity contribution in [3.8, 4) is 5.75 Å². The zero-order valence-electron chi connectivity index (χ0n) is 9.98. The number of esters is 1. The molecule has 0 unspecified atom stereocenters. The summed E-state index contributed by atoms with van der Waals surface area (Å²) >= 11 is 0. The van der Waals surface area contributed by atoms with E-state index in [0.29, 0.717) is 11.8 Å². The van der Waals surface area contributed by atoms with Crippen molar-refractivity contribution in [1.82, 2.24) is 5.32 Å². The van der Waals surface area contributed by atoms with Gasteiger partial charge in [0, 0.05) is 11.6 Å². The quantitative estimate of drug-likeness (QED) is 0.609. The van der Waals surface area contributed by atoms with Crippen molar-refractivity contribution in [1.29, 1.82) is 0 Å². The Morgan fingerprint density at radius 1 is 1.53 bits per heavy atom. The van der Waals surface area contributed by atoms with Gasteiger partial charge in [0.1, 0.15) is 5.75 Å². The molecule has 0 fully saturated rings. The maximum atomic E-state index is 11.4. The van der Waals surface area contributed by atoms with Crippen molar-refractivity contribution >= 4 is 12.3 Å². The van der Waals surface area contributed by atoms with Gasteiger partial charge in [-0.15, -0.1) is 0 Å². The first-order chi connectivity index (χ1) is 8.04. The van der Waals surface area contributed by atoms with Crippen LogP contribution >= 0.6 is 0 Å². The minimum Gasteiger partial charge on any atom is -0.507 e. The number of carbonyl (C=O) groups excluding carboxylic acids is 2. The molecular formula is C12H15NO4. The summed E-state index contributed by atoms with van der Waals surface area (Å²) in [7, 11) is 2.98. The van der Waals surface area contributed by atoms with Crippen molar-refractivity contribution in [2.45, 2.75) is 13.0 Å². The van der Waals surface area contributed by atoms with E-state index >= 15 is 0 Å². The first-order valence-electron chi connectivity index (χ1n) is 5.12.